The van der Waals surface area contributed by atoms with E-state index in [4.69, 9.17) is 4.74 Å². The van der Waals surface area contributed by atoms with Crippen LogP contribution in [0.2, 0.25) is 0 Å². The Hall–Kier alpha value is -2.57. The van der Waals surface area contributed by atoms with Crippen LogP contribution in [0.25, 0.3) is 0 Å². The first-order chi connectivity index (χ1) is 12.9. The lowest BCUT2D eigenvalue weighted by atomic mass is 9.91. The van der Waals surface area contributed by atoms with E-state index in [1.54, 1.807) is 28.7 Å². The zero-order valence-electron chi connectivity index (χ0n) is 16.2. The van der Waals surface area contributed by atoms with Crippen LogP contribution in [0.3, 0.4) is 0 Å². The van der Waals surface area contributed by atoms with Gasteiger partial charge in [0.2, 0.25) is 11.8 Å². The Labute approximate surface area is 159 Å². The fourth-order valence-electron chi connectivity index (χ4n) is 3.87. The Kier molecular flexibility index (Phi) is 5.68. The van der Waals surface area contributed by atoms with E-state index in [9.17, 15) is 14.4 Å². The maximum atomic E-state index is 13.2. The summed E-state index contributed by atoms with van der Waals surface area (Å²) in [6.07, 6.45) is -0.107. The monoisotopic (exact) mass is 373 g/mol. The third-order valence-electron chi connectivity index (χ3n) is 5.44. The van der Waals surface area contributed by atoms with Crippen LogP contribution in [0.15, 0.2) is 24.3 Å². The van der Waals surface area contributed by atoms with Gasteiger partial charge < -0.3 is 19.4 Å². The Morgan fingerprint density at radius 2 is 1.67 bits per heavy atom. The fourth-order valence-corrected chi connectivity index (χ4v) is 3.87. The molecule has 3 rings (SSSR count). The van der Waals surface area contributed by atoms with Crippen LogP contribution in [0.1, 0.15) is 30.5 Å². The summed E-state index contributed by atoms with van der Waals surface area (Å²) < 4.78 is 5.02. The van der Waals surface area contributed by atoms with Crippen molar-refractivity contribution in [1.82, 2.24) is 14.7 Å². The first-order valence-corrected chi connectivity index (χ1v) is 9.45. The average Bonchev–Trinajstić information content (AvgIpc) is 2.97. The van der Waals surface area contributed by atoms with Crippen molar-refractivity contribution in [3.63, 3.8) is 0 Å². The van der Waals surface area contributed by atoms with Gasteiger partial charge in [0.15, 0.2) is 0 Å². The molecule has 2 saturated heterocycles. The highest BCUT2D eigenvalue weighted by atomic mass is 16.6. The molecular formula is C20H27N3O4. The van der Waals surface area contributed by atoms with Crippen molar-refractivity contribution < 1.29 is 19.1 Å². The average molecular weight is 373 g/mol. The maximum absolute atomic E-state index is 13.2. The summed E-state index contributed by atoms with van der Waals surface area (Å²) in [6, 6.07) is 7.76. The molecule has 27 heavy (non-hydrogen) atoms. The second-order valence-electron chi connectivity index (χ2n) is 7.18. The predicted octanol–water partition coefficient (Wildman–Crippen LogP) is 1.82. The van der Waals surface area contributed by atoms with Crippen molar-refractivity contribution in [2.75, 3.05) is 39.8 Å². The minimum atomic E-state index is -0.389. The molecule has 0 bridgehead atoms. The van der Waals surface area contributed by atoms with Crippen molar-refractivity contribution >= 4 is 17.9 Å². The minimum absolute atomic E-state index is 0.0101. The Balaban J connectivity index is 1.70. The molecule has 0 spiro atoms. The van der Waals surface area contributed by atoms with Crippen LogP contribution in [0, 0.1) is 12.8 Å². The smallest absolute Gasteiger partial charge is 0.409 e. The fraction of sp³-hybridized carbons (Fsp3) is 0.550. The number of carbonyl (C=O) groups excluding carboxylic acids is 3. The summed E-state index contributed by atoms with van der Waals surface area (Å²) >= 11 is 0. The van der Waals surface area contributed by atoms with Crippen LogP contribution in [-0.2, 0) is 14.3 Å². The van der Waals surface area contributed by atoms with Gasteiger partial charge in [-0.3, -0.25) is 9.59 Å². The molecule has 2 aliphatic heterocycles. The summed E-state index contributed by atoms with van der Waals surface area (Å²) in [4.78, 5) is 42.4. The van der Waals surface area contributed by atoms with Gasteiger partial charge in [0.05, 0.1) is 18.6 Å². The molecule has 2 atom stereocenters. The molecule has 7 heteroatoms. The highest BCUT2D eigenvalue weighted by Crippen LogP contribution is 2.38. The molecule has 2 heterocycles. The SMILES string of the molecule is CCOC(=O)N1CCN(C(=O)C2CC(=O)N(C)C2c2ccc(C)cc2)CC1. The first kappa shape index (κ1) is 19.2. The molecule has 2 aliphatic rings. The zero-order chi connectivity index (χ0) is 19.6. The van der Waals surface area contributed by atoms with E-state index in [0.29, 0.717) is 32.8 Å². The Morgan fingerprint density at radius 1 is 1.07 bits per heavy atom. The molecular weight excluding hydrogens is 346 g/mol. The highest BCUT2D eigenvalue weighted by molar-refractivity contribution is 5.90. The molecule has 0 saturated carbocycles. The topological polar surface area (TPSA) is 70.2 Å². The molecule has 0 N–H and O–H groups in total. The molecule has 3 amide bonds. The van der Waals surface area contributed by atoms with E-state index in [-0.39, 0.29) is 36.3 Å². The van der Waals surface area contributed by atoms with Crippen LogP contribution >= 0.6 is 0 Å². The lowest BCUT2D eigenvalue weighted by Crippen LogP contribution is -2.52. The van der Waals surface area contributed by atoms with Crippen molar-refractivity contribution in [2.24, 2.45) is 5.92 Å². The maximum Gasteiger partial charge on any atom is 0.409 e. The number of nitrogens with zero attached hydrogens (tertiary/aromatic N) is 3. The van der Waals surface area contributed by atoms with Gasteiger partial charge in [-0.25, -0.2) is 4.79 Å². The Bertz CT molecular complexity index is 710. The van der Waals surface area contributed by atoms with E-state index in [1.807, 2.05) is 31.2 Å². The number of hydrogen-bond acceptors (Lipinski definition) is 4. The van der Waals surface area contributed by atoms with Gasteiger partial charge in [0, 0.05) is 39.6 Å². The van der Waals surface area contributed by atoms with Crippen LogP contribution in [0.4, 0.5) is 4.79 Å². The number of ether oxygens (including phenoxy) is 1. The number of hydrogen-bond donors (Lipinski definition) is 0. The standard InChI is InChI=1S/C20H27N3O4/c1-4-27-20(26)23-11-9-22(10-12-23)19(25)16-13-17(24)21(3)18(16)15-7-5-14(2)6-8-15/h5-8,16,18H,4,9-13H2,1-3H3. The van der Waals surface area contributed by atoms with E-state index < -0.39 is 0 Å². The molecule has 0 aliphatic carbocycles. The summed E-state index contributed by atoms with van der Waals surface area (Å²) in [6.45, 7) is 5.97. The molecule has 0 aromatic heterocycles. The van der Waals surface area contributed by atoms with Crippen molar-refractivity contribution in [2.45, 2.75) is 26.3 Å². The number of likely N-dealkylation sites (tertiary alicyclic amines) is 1. The van der Waals surface area contributed by atoms with Gasteiger partial charge in [0.25, 0.3) is 0 Å². The van der Waals surface area contributed by atoms with Crippen LogP contribution in [-0.4, -0.2) is 72.4 Å². The van der Waals surface area contributed by atoms with Crippen molar-refractivity contribution in [3.05, 3.63) is 35.4 Å². The molecule has 0 radical (unpaired) electrons. The normalized spacial score (nSPS) is 22.9. The Morgan fingerprint density at radius 3 is 2.26 bits per heavy atom. The highest BCUT2D eigenvalue weighted by Gasteiger charge is 2.44. The van der Waals surface area contributed by atoms with E-state index in [1.165, 1.54) is 0 Å². The second kappa shape index (κ2) is 7.98. The molecule has 2 fully saturated rings. The van der Waals surface area contributed by atoms with Crippen LogP contribution in [0.5, 0.6) is 0 Å². The number of piperazine rings is 1. The molecule has 7 nitrogen and oxygen atoms in total. The molecule has 1 aromatic carbocycles. The van der Waals surface area contributed by atoms with Crippen LogP contribution < -0.4 is 0 Å². The number of benzene rings is 1. The summed E-state index contributed by atoms with van der Waals surface area (Å²) in [7, 11) is 1.76. The van der Waals surface area contributed by atoms with Gasteiger partial charge in [-0.1, -0.05) is 29.8 Å². The minimum Gasteiger partial charge on any atom is -0.450 e. The van der Waals surface area contributed by atoms with Gasteiger partial charge in [-0.2, -0.15) is 0 Å². The summed E-state index contributed by atoms with van der Waals surface area (Å²) in [5.41, 5.74) is 2.13. The first-order valence-electron chi connectivity index (χ1n) is 9.45. The van der Waals surface area contributed by atoms with E-state index in [0.717, 1.165) is 11.1 Å². The zero-order valence-corrected chi connectivity index (χ0v) is 16.2. The van der Waals surface area contributed by atoms with Crippen molar-refractivity contribution in [1.29, 1.82) is 0 Å². The second-order valence-corrected chi connectivity index (χ2v) is 7.18. The molecule has 2 unspecified atom stereocenters. The lowest BCUT2D eigenvalue weighted by molar-refractivity contribution is -0.138. The van der Waals surface area contributed by atoms with Crippen molar-refractivity contribution in [3.8, 4) is 0 Å². The third-order valence-corrected chi connectivity index (χ3v) is 5.44. The summed E-state index contributed by atoms with van der Waals surface area (Å²) in [5, 5.41) is 0. The van der Waals surface area contributed by atoms with E-state index >= 15 is 0 Å². The number of carbonyl (C=O) groups is 3. The summed E-state index contributed by atoms with van der Waals surface area (Å²) in [5.74, 6) is -0.412. The number of aryl methyl sites for hydroxylation is 1. The third kappa shape index (κ3) is 3.91. The van der Waals surface area contributed by atoms with Gasteiger partial charge >= 0.3 is 6.09 Å². The lowest BCUT2D eigenvalue weighted by Gasteiger charge is -2.36. The molecule has 146 valence electrons. The van der Waals surface area contributed by atoms with Gasteiger partial charge in [0.1, 0.15) is 0 Å². The number of rotatable bonds is 3. The molecule has 1 aromatic rings. The predicted molar refractivity (Wildman–Crippen MR) is 100.0 cm³/mol. The van der Waals surface area contributed by atoms with Gasteiger partial charge in [-0.15, -0.1) is 0 Å². The quantitative estimate of drug-likeness (QED) is 0.810. The number of amides is 3. The largest absolute Gasteiger partial charge is 0.450 e. The van der Waals surface area contributed by atoms with Gasteiger partial charge in [-0.05, 0) is 19.4 Å². The van der Waals surface area contributed by atoms with E-state index in [2.05, 4.69) is 0 Å².